The van der Waals surface area contributed by atoms with E-state index in [2.05, 4.69) is 10.1 Å². The van der Waals surface area contributed by atoms with Gasteiger partial charge in [-0.1, -0.05) is 16.8 Å². The molecule has 0 radical (unpaired) electrons. The summed E-state index contributed by atoms with van der Waals surface area (Å²) in [6.45, 7) is 1.54. The van der Waals surface area contributed by atoms with Gasteiger partial charge < -0.3 is 4.52 Å². The van der Waals surface area contributed by atoms with Crippen molar-refractivity contribution in [3.05, 3.63) is 40.5 Å². The Balaban J connectivity index is 1.88. The first kappa shape index (κ1) is 19.1. The summed E-state index contributed by atoms with van der Waals surface area (Å²) in [5.41, 5.74) is -1.02. The molecule has 3 rings (SSSR count). The smallest absolute Gasteiger partial charge is 0.338 e. The number of hydrogen-bond acceptors (Lipinski definition) is 5. The molecule has 6 nitrogen and oxygen atoms in total. The number of hydrogen-bond donors (Lipinski definition) is 0. The molecule has 1 saturated carbocycles. The lowest BCUT2D eigenvalue weighted by molar-refractivity contribution is -0.137. The summed E-state index contributed by atoms with van der Waals surface area (Å²) >= 11 is 5.81. The highest BCUT2D eigenvalue weighted by atomic mass is 35.5. The molecule has 1 unspecified atom stereocenters. The first-order chi connectivity index (χ1) is 12.0. The molecule has 0 aliphatic heterocycles. The van der Waals surface area contributed by atoms with Crippen molar-refractivity contribution in [2.24, 2.45) is 0 Å². The van der Waals surface area contributed by atoms with Crippen molar-refractivity contribution in [2.75, 3.05) is 7.05 Å². The normalized spacial score (nSPS) is 16.9. The summed E-state index contributed by atoms with van der Waals surface area (Å²) in [6, 6.07) is 1.30. The lowest BCUT2D eigenvalue weighted by atomic mass is 10.2. The van der Waals surface area contributed by atoms with Crippen LogP contribution in [0.25, 0.3) is 0 Å². The first-order valence-corrected chi connectivity index (χ1v) is 9.52. The molecule has 26 heavy (non-hydrogen) atoms. The third kappa shape index (κ3) is 3.58. The minimum Gasteiger partial charge on any atom is -0.338 e. The number of benzene rings is 1. The minimum absolute atomic E-state index is 0.112. The van der Waals surface area contributed by atoms with E-state index < -0.39 is 37.7 Å². The lowest BCUT2D eigenvalue weighted by Gasteiger charge is -2.22. The summed E-state index contributed by atoms with van der Waals surface area (Å²) < 4.78 is 69.8. The van der Waals surface area contributed by atoms with Gasteiger partial charge >= 0.3 is 6.18 Å². The van der Waals surface area contributed by atoms with E-state index in [1.54, 1.807) is 6.92 Å². The van der Waals surface area contributed by atoms with E-state index in [1.807, 2.05) is 0 Å². The topological polar surface area (TPSA) is 76.3 Å². The largest absolute Gasteiger partial charge is 0.416 e. The first-order valence-electron chi connectivity index (χ1n) is 7.70. The van der Waals surface area contributed by atoms with Gasteiger partial charge in [0.2, 0.25) is 15.9 Å². The Hall–Kier alpha value is -1.65. The number of halogens is 4. The Kier molecular flexibility index (Phi) is 4.78. The SMILES string of the molecule is CC(c1nc(C2CC2)no1)N(C)S(=O)(=O)c1ccc(C(F)(F)F)cc1Cl. The van der Waals surface area contributed by atoms with Crippen molar-refractivity contribution in [1.29, 1.82) is 0 Å². The van der Waals surface area contributed by atoms with Gasteiger partial charge in [-0.05, 0) is 38.0 Å². The molecule has 1 fully saturated rings. The molecular formula is C15H15ClF3N3O3S. The maximum absolute atomic E-state index is 12.8. The molecular weight excluding hydrogens is 395 g/mol. The van der Waals surface area contributed by atoms with Crippen LogP contribution in [0.5, 0.6) is 0 Å². The van der Waals surface area contributed by atoms with Crippen molar-refractivity contribution in [3.8, 4) is 0 Å². The van der Waals surface area contributed by atoms with E-state index in [4.69, 9.17) is 16.1 Å². The van der Waals surface area contributed by atoms with Crippen molar-refractivity contribution in [3.63, 3.8) is 0 Å². The standard InChI is InChI=1S/C15H15ClF3N3O3S/c1-8(14-20-13(21-25-14)9-3-4-9)22(2)26(23,24)12-6-5-10(7-11(12)16)15(17,18)19/h5-9H,3-4H2,1-2H3. The van der Waals surface area contributed by atoms with Crippen LogP contribution in [0, 0.1) is 0 Å². The maximum Gasteiger partial charge on any atom is 0.416 e. The highest BCUT2D eigenvalue weighted by Gasteiger charge is 2.36. The van der Waals surface area contributed by atoms with Gasteiger partial charge in [0, 0.05) is 13.0 Å². The number of aromatic nitrogens is 2. The number of sulfonamides is 1. The fraction of sp³-hybridized carbons (Fsp3) is 0.467. The second kappa shape index (κ2) is 6.50. The summed E-state index contributed by atoms with van der Waals surface area (Å²) in [5.74, 6) is 0.886. The molecule has 1 aromatic carbocycles. The fourth-order valence-corrected chi connectivity index (χ4v) is 4.16. The number of nitrogens with zero attached hydrogens (tertiary/aromatic N) is 3. The Morgan fingerprint density at radius 1 is 1.35 bits per heavy atom. The van der Waals surface area contributed by atoms with Gasteiger partial charge in [-0.25, -0.2) is 8.42 Å². The molecule has 0 spiro atoms. The highest BCUT2D eigenvalue weighted by molar-refractivity contribution is 7.89. The molecule has 1 heterocycles. The van der Waals surface area contributed by atoms with Crippen LogP contribution in [0.3, 0.4) is 0 Å². The monoisotopic (exact) mass is 409 g/mol. The number of alkyl halides is 3. The van der Waals surface area contributed by atoms with E-state index in [0.717, 1.165) is 23.2 Å². The van der Waals surface area contributed by atoms with E-state index in [0.29, 0.717) is 18.0 Å². The molecule has 1 aliphatic carbocycles. The molecule has 1 aromatic heterocycles. The molecule has 0 saturated heterocycles. The molecule has 142 valence electrons. The van der Waals surface area contributed by atoms with Crippen LogP contribution in [0.2, 0.25) is 5.02 Å². The van der Waals surface area contributed by atoms with Crippen LogP contribution in [0.1, 0.15) is 49.0 Å². The summed E-state index contributed by atoms with van der Waals surface area (Å²) in [6.07, 6.45) is -2.70. The Bertz CT molecular complexity index is 926. The van der Waals surface area contributed by atoms with Gasteiger partial charge in [0.1, 0.15) is 10.9 Å². The van der Waals surface area contributed by atoms with E-state index in [9.17, 15) is 21.6 Å². The average Bonchev–Trinajstić information content (AvgIpc) is 3.29. The molecule has 0 N–H and O–H groups in total. The van der Waals surface area contributed by atoms with Crippen LogP contribution in [-0.2, 0) is 16.2 Å². The van der Waals surface area contributed by atoms with Gasteiger partial charge in [-0.15, -0.1) is 0 Å². The van der Waals surface area contributed by atoms with Gasteiger partial charge in [0.15, 0.2) is 5.82 Å². The number of rotatable bonds is 5. The van der Waals surface area contributed by atoms with Gasteiger partial charge in [0.05, 0.1) is 10.6 Å². The Labute approximate surface area is 153 Å². The third-order valence-corrected chi connectivity index (χ3v) is 6.63. The molecule has 0 amide bonds. The maximum atomic E-state index is 12.8. The minimum atomic E-state index is -4.62. The van der Waals surface area contributed by atoms with Gasteiger partial charge in [-0.2, -0.15) is 22.5 Å². The molecule has 1 atom stereocenters. The lowest BCUT2D eigenvalue weighted by Crippen LogP contribution is -2.30. The average molecular weight is 410 g/mol. The predicted octanol–water partition coefficient (Wildman–Crippen LogP) is 4.00. The third-order valence-electron chi connectivity index (χ3n) is 4.22. The summed E-state index contributed by atoms with van der Waals surface area (Å²) in [4.78, 5) is 3.78. The second-order valence-electron chi connectivity index (χ2n) is 6.11. The van der Waals surface area contributed by atoms with E-state index in [1.165, 1.54) is 7.05 Å². The summed E-state index contributed by atoms with van der Waals surface area (Å²) in [5, 5.41) is 3.32. The quantitative estimate of drug-likeness (QED) is 0.746. The highest BCUT2D eigenvalue weighted by Crippen LogP contribution is 2.39. The zero-order valence-electron chi connectivity index (χ0n) is 13.8. The Morgan fingerprint density at radius 3 is 2.54 bits per heavy atom. The molecule has 0 bridgehead atoms. The van der Waals surface area contributed by atoms with Crippen molar-refractivity contribution in [2.45, 2.75) is 42.8 Å². The van der Waals surface area contributed by atoms with Crippen molar-refractivity contribution in [1.82, 2.24) is 14.4 Å². The van der Waals surface area contributed by atoms with Crippen LogP contribution in [-0.4, -0.2) is 29.9 Å². The zero-order chi connectivity index (χ0) is 19.3. The second-order valence-corrected chi connectivity index (χ2v) is 8.48. The van der Waals surface area contributed by atoms with Crippen LogP contribution >= 0.6 is 11.6 Å². The molecule has 1 aliphatic rings. The fourth-order valence-electron chi connectivity index (χ4n) is 2.33. The summed E-state index contributed by atoms with van der Waals surface area (Å²) in [7, 11) is -2.90. The molecule has 2 aromatic rings. The van der Waals surface area contributed by atoms with E-state index in [-0.39, 0.29) is 11.8 Å². The van der Waals surface area contributed by atoms with Crippen molar-refractivity contribution < 1.29 is 26.1 Å². The van der Waals surface area contributed by atoms with Crippen molar-refractivity contribution >= 4 is 21.6 Å². The van der Waals surface area contributed by atoms with Crippen LogP contribution in [0.15, 0.2) is 27.6 Å². The zero-order valence-corrected chi connectivity index (χ0v) is 15.4. The van der Waals surface area contributed by atoms with Crippen LogP contribution in [0.4, 0.5) is 13.2 Å². The molecule has 11 heteroatoms. The van der Waals surface area contributed by atoms with Crippen LogP contribution < -0.4 is 0 Å². The van der Waals surface area contributed by atoms with Gasteiger partial charge in [0.25, 0.3) is 0 Å². The predicted molar refractivity (Wildman–Crippen MR) is 86.1 cm³/mol. The Morgan fingerprint density at radius 2 is 2.00 bits per heavy atom. The van der Waals surface area contributed by atoms with Gasteiger partial charge in [-0.3, -0.25) is 0 Å². The van der Waals surface area contributed by atoms with E-state index >= 15 is 0 Å².